The molecule has 1 heterocycles. The molecule has 1 aromatic carbocycles. The maximum Gasteiger partial charge on any atom is 0.257 e. The Kier molecular flexibility index (Phi) is 4.32. The fourth-order valence-corrected chi connectivity index (χ4v) is 1.79. The van der Waals surface area contributed by atoms with Crippen molar-refractivity contribution < 1.29 is 4.79 Å². The molecule has 0 saturated heterocycles. The number of hydrogen-bond acceptors (Lipinski definition) is 4. The average molecular weight is 270 g/mol. The van der Waals surface area contributed by atoms with Gasteiger partial charge in [0.1, 0.15) is 5.82 Å². The van der Waals surface area contributed by atoms with Gasteiger partial charge in [-0.3, -0.25) is 4.79 Å². The molecule has 0 spiro atoms. The first-order valence-electron chi connectivity index (χ1n) is 6.44. The van der Waals surface area contributed by atoms with E-state index in [0.29, 0.717) is 17.3 Å². The Labute approximate surface area is 118 Å². The van der Waals surface area contributed by atoms with Crippen molar-refractivity contribution >= 4 is 17.4 Å². The van der Waals surface area contributed by atoms with E-state index < -0.39 is 0 Å². The summed E-state index contributed by atoms with van der Waals surface area (Å²) >= 11 is 0. The minimum Gasteiger partial charge on any atom is -0.322 e. The molecule has 0 fully saturated rings. The number of aromatic nitrogens is 1. The topological polar surface area (TPSA) is 80.0 Å². The number of carbonyl (C=O) groups is 1. The van der Waals surface area contributed by atoms with Gasteiger partial charge in [-0.15, -0.1) is 0 Å². The number of nitrogens with one attached hydrogen (secondary N) is 2. The third-order valence-electron chi connectivity index (χ3n) is 2.98. The molecule has 5 nitrogen and oxygen atoms in total. The number of carbonyl (C=O) groups excluding carboxylic acids is 1. The summed E-state index contributed by atoms with van der Waals surface area (Å²) in [6.07, 6.45) is 1.48. The van der Waals surface area contributed by atoms with Crippen LogP contribution in [0.3, 0.4) is 0 Å². The van der Waals surface area contributed by atoms with E-state index in [9.17, 15) is 4.79 Å². The van der Waals surface area contributed by atoms with Gasteiger partial charge in [0.05, 0.1) is 5.56 Å². The molecule has 2 rings (SSSR count). The van der Waals surface area contributed by atoms with Crippen LogP contribution < -0.4 is 16.6 Å². The Morgan fingerprint density at radius 2 is 2.05 bits per heavy atom. The van der Waals surface area contributed by atoms with E-state index in [1.165, 1.54) is 11.8 Å². The van der Waals surface area contributed by atoms with Crippen LogP contribution in [0.2, 0.25) is 0 Å². The van der Waals surface area contributed by atoms with E-state index in [1.807, 2.05) is 24.3 Å². The molecular formula is C15H18N4O. The monoisotopic (exact) mass is 270 g/mol. The van der Waals surface area contributed by atoms with Crippen molar-refractivity contribution in [2.45, 2.75) is 19.8 Å². The Morgan fingerprint density at radius 3 is 2.65 bits per heavy atom. The summed E-state index contributed by atoms with van der Waals surface area (Å²) in [6, 6.07) is 11.1. The van der Waals surface area contributed by atoms with Gasteiger partial charge in [-0.25, -0.2) is 10.8 Å². The minimum atomic E-state index is -0.193. The highest BCUT2D eigenvalue weighted by Crippen LogP contribution is 2.19. The van der Waals surface area contributed by atoms with Gasteiger partial charge in [0.15, 0.2) is 0 Å². The molecule has 1 aromatic heterocycles. The summed E-state index contributed by atoms with van der Waals surface area (Å²) in [5.41, 5.74) is 4.87. The summed E-state index contributed by atoms with van der Waals surface area (Å²) in [5.74, 6) is 5.98. The van der Waals surface area contributed by atoms with E-state index in [4.69, 9.17) is 5.84 Å². The van der Waals surface area contributed by atoms with Crippen LogP contribution in [0.1, 0.15) is 35.7 Å². The van der Waals surface area contributed by atoms with Gasteiger partial charge in [0.25, 0.3) is 5.91 Å². The van der Waals surface area contributed by atoms with E-state index in [1.54, 1.807) is 12.1 Å². The Hall–Kier alpha value is -2.40. The quantitative estimate of drug-likeness (QED) is 0.589. The summed E-state index contributed by atoms with van der Waals surface area (Å²) in [4.78, 5) is 16.1. The number of rotatable bonds is 4. The first-order chi connectivity index (χ1) is 9.60. The molecular weight excluding hydrogens is 252 g/mol. The number of anilines is 2. The first-order valence-corrected chi connectivity index (χ1v) is 6.44. The molecule has 0 aliphatic heterocycles. The number of nitrogens with two attached hydrogens (primary N) is 1. The van der Waals surface area contributed by atoms with Gasteiger partial charge in [0.2, 0.25) is 0 Å². The van der Waals surface area contributed by atoms with Gasteiger partial charge in [-0.2, -0.15) is 0 Å². The van der Waals surface area contributed by atoms with Crippen LogP contribution in [0.4, 0.5) is 11.5 Å². The van der Waals surface area contributed by atoms with Crippen molar-refractivity contribution in [3.8, 4) is 0 Å². The van der Waals surface area contributed by atoms with Crippen LogP contribution in [0.5, 0.6) is 0 Å². The molecule has 2 aromatic rings. The zero-order valence-electron chi connectivity index (χ0n) is 11.6. The second-order valence-corrected chi connectivity index (χ2v) is 4.81. The smallest absolute Gasteiger partial charge is 0.257 e. The first kappa shape index (κ1) is 14.0. The third-order valence-corrected chi connectivity index (χ3v) is 2.98. The fourth-order valence-electron chi connectivity index (χ4n) is 1.79. The lowest BCUT2D eigenvalue weighted by Crippen LogP contribution is -2.13. The number of hydrogen-bond donors (Lipinski definition) is 3. The van der Waals surface area contributed by atoms with E-state index in [2.05, 4.69) is 29.6 Å². The zero-order chi connectivity index (χ0) is 14.5. The SMILES string of the molecule is CC(C)c1cccc(NC(=O)c2ccc(NN)nc2)c1. The van der Waals surface area contributed by atoms with Crippen molar-refractivity contribution in [2.24, 2.45) is 5.84 Å². The predicted octanol–water partition coefficient (Wildman–Crippen LogP) is 2.74. The lowest BCUT2D eigenvalue weighted by Gasteiger charge is -2.09. The highest BCUT2D eigenvalue weighted by Gasteiger charge is 2.07. The molecule has 0 bridgehead atoms. The zero-order valence-corrected chi connectivity index (χ0v) is 11.6. The van der Waals surface area contributed by atoms with Crippen LogP contribution in [0.15, 0.2) is 42.6 Å². The molecule has 0 aliphatic rings. The van der Waals surface area contributed by atoms with Gasteiger partial charge in [-0.05, 0) is 35.7 Å². The number of nitrogens with zero attached hydrogens (tertiary/aromatic N) is 1. The maximum atomic E-state index is 12.1. The van der Waals surface area contributed by atoms with Crippen LogP contribution in [0, 0.1) is 0 Å². The third kappa shape index (κ3) is 3.33. The average Bonchev–Trinajstić information content (AvgIpc) is 2.47. The van der Waals surface area contributed by atoms with Crippen LogP contribution >= 0.6 is 0 Å². The van der Waals surface area contributed by atoms with Crippen molar-refractivity contribution in [2.75, 3.05) is 10.7 Å². The molecule has 104 valence electrons. The number of hydrazine groups is 1. The second-order valence-electron chi connectivity index (χ2n) is 4.81. The lowest BCUT2D eigenvalue weighted by molar-refractivity contribution is 0.102. The largest absolute Gasteiger partial charge is 0.322 e. The summed E-state index contributed by atoms with van der Waals surface area (Å²) < 4.78 is 0. The van der Waals surface area contributed by atoms with Crippen LogP contribution in [-0.4, -0.2) is 10.9 Å². The van der Waals surface area contributed by atoms with Crippen molar-refractivity contribution in [3.63, 3.8) is 0 Å². The molecule has 4 N–H and O–H groups in total. The standard InChI is InChI=1S/C15H18N4O/c1-10(2)11-4-3-5-13(8-11)18-15(20)12-6-7-14(19-16)17-9-12/h3-10H,16H2,1-2H3,(H,17,19)(H,18,20). The highest BCUT2D eigenvalue weighted by molar-refractivity contribution is 6.04. The highest BCUT2D eigenvalue weighted by atomic mass is 16.1. The molecule has 20 heavy (non-hydrogen) atoms. The van der Waals surface area contributed by atoms with Crippen molar-refractivity contribution in [1.82, 2.24) is 4.98 Å². The van der Waals surface area contributed by atoms with Crippen LogP contribution in [-0.2, 0) is 0 Å². The van der Waals surface area contributed by atoms with Gasteiger partial charge in [-0.1, -0.05) is 26.0 Å². The number of benzene rings is 1. The van der Waals surface area contributed by atoms with Crippen LogP contribution in [0.25, 0.3) is 0 Å². The normalized spacial score (nSPS) is 10.4. The number of nitrogen functional groups attached to an aromatic ring is 1. The fraction of sp³-hybridized carbons (Fsp3) is 0.200. The predicted molar refractivity (Wildman–Crippen MR) is 80.5 cm³/mol. The molecule has 1 amide bonds. The molecule has 0 atom stereocenters. The van der Waals surface area contributed by atoms with E-state index in [-0.39, 0.29) is 5.91 Å². The molecule has 0 radical (unpaired) electrons. The molecule has 0 unspecified atom stereocenters. The second kappa shape index (κ2) is 6.16. The van der Waals surface area contributed by atoms with Gasteiger partial charge >= 0.3 is 0 Å². The van der Waals surface area contributed by atoms with Crippen molar-refractivity contribution in [3.05, 3.63) is 53.7 Å². The van der Waals surface area contributed by atoms with Gasteiger partial charge in [0, 0.05) is 11.9 Å². The summed E-state index contributed by atoms with van der Waals surface area (Å²) in [5, 5.41) is 2.86. The van der Waals surface area contributed by atoms with E-state index >= 15 is 0 Å². The summed E-state index contributed by atoms with van der Waals surface area (Å²) in [6.45, 7) is 4.23. The molecule has 0 saturated carbocycles. The van der Waals surface area contributed by atoms with E-state index in [0.717, 1.165) is 5.69 Å². The number of pyridine rings is 1. The Morgan fingerprint density at radius 1 is 1.25 bits per heavy atom. The Balaban J connectivity index is 2.12. The summed E-state index contributed by atoms with van der Waals surface area (Å²) in [7, 11) is 0. The lowest BCUT2D eigenvalue weighted by atomic mass is 10.0. The van der Waals surface area contributed by atoms with Crippen molar-refractivity contribution in [1.29, 1.82) is 0 Å². The minimum absolute atomic E-state index is 0.193. The molecule has 0 aliphatic carbocycles. The van der Waals surface area contributed by atoms with Gasteiger partial charge < -0.3 is 10.7 Å². The Bertz CT molecular complexity index is 593. The maximum absolute atomic E-state index is 12.1. The molecule has 5 heteroatoms. The number of amides is 1.